The van der Waals surface area contributed by atoms with Crippen LogP contribution in [0.15, 0.2) is 29.2 Å². The van der Waals surface area contributed by atoms with Gasteiger partial charge in [0, 0.05) is 10.1 Å². The van der Waals surface area contributed by atoms with Gasteiger partial charge in [0.05, 0.1) is 12.2 Å². The number of benzene rings is 1. The normalized spacial score (nSPS) is 15.6. The van der Waals surface area contributed by atoms with E-state index < -0.39 is 0 Å². The van der Waals surface area contributed by atoms with Gasteiger partial charge in [0.15, 0.2) is 0 Å². The van der Waals surface area contributed by atoms with E-state index in [0.717, 1.165) is 12.2 Å². The van der Waals surface area contributed by atoms with Crippen molar-refractivity contribution in [3.63, 3.8) is 0 Å². The Bertz CT molecular complexity index is 416. The molecule has 1 aromatic rings. The topological polar surface area (TPSA) is 41.1 Å². The molecule has 1 aliphatic rings. The number of thioether (sulfide) groups is 1. The van der Waals surface area contributed by atoms with E-state index in [4.69, 9.17) is 0 Å². The molecule has 4 heteroatoms. The summed E-state index contributed by atoms with van der Waals surface area (Å²) >= 11 is 1.91. The molecule has 1 amide bonds. The molecule has 19 heavy (non-hydrogen) atoms. The van der Waals surface area contributed by atoms with Crippen LogP contribution in [0.5, 0.6) is 0 Å². The van der Waals surface area contributed by atoms with Gasteiger partial charge in [-0.3, -0.25) is 4.79 Å². The predicted molar refractivity (Wildman–Crippen MR) is 81.7 cm³/mol. The van der Waals surface area contributed by atoms with E-state index in [0.29, 0.717) is 11.8 Å². The van der Waals surface area contributed by atoms with Crippen LogP contribution in [0.3, 0.4) is 0 Å². The second-order valence-electron chi connectivity index (χ2n) is 4.85. The van der Waals surface area contributed by atoms with Crippen LogP contribution in [0, 0.1) is 0 Å². The SMILES string of the molecule is CCNCC(=O)Nc1ccccc1SC1CCCC1. The van der Waals surface area contributed by atoms with Gasteiger partial charge in [-0.25, -0.2) is 0 Å². The molecule has 0 bridgehead atoms. The highest BCUT2D eigenvalue weighted by atomic mass is 32.2. The van der Waals surface area contributed by atoms with Gasteiger partial charge >= 0.3 is 0 Å². The van der Waals surface area contributed by atoms with Gasteiger partial charge < -0.3 is 10.6 Å². The third-order valence-electron chi connectivity index (χ3n) is 3.29. The molecule has 0 saturated heterocycles. The minimum atomic E-state index is 0.0290. The van der Waals surface area contributed by atoms with Gasteiger partial charge in [-0.05, 0) is 31.5 Å². The highest BCUT2D eigenvalue weighted by Crippen LogP contribution is 2.37. The van der Waals surface area contributed by atoms with Crippen molar-refractivity contribution < 1.29 is 4.79 Å². The van der Waals surface area contributed by atoms with Crippen molar-refractivity contribution in [2.75, 3.05) is 18.4 Å². The lowest BCUT2D eigenvalue weighted by Gasteiger charge is -2.14. The summed E-state index contributed by atoms with van der Waals surface area (Å²) in [6.45, 7) is 3.18. The van der Waals surface area contributed by atoms with Crippen LogP contribution in [-0.4, -0.2) is 24.2 Å². The molecular weight excluding hydrogens is 256 g/mol. The first-order valence-corrected chi connectivity index (χ1v) is 7.94. The highest BCUT2D eigenvalue weighted by molar-refractivity contribution is 8.00. The molecule has 1 aromatic carbocycles. The van der Waals surface area contributed by atoms with Gasteiger partial charge in [-0.1, -0.05) is 31.9 Å². The number of carbonyl (C=O) groups is 1. The Morgan fingerprint density at radius 2 is 2.05 bits per heavy atom. The van der Waals surface area contributed by atoms with E-state index in [9.17, 15) is 4.79 Å². The molecule has 0 aromatic heterocycles. The largest absolute Gasteiger partial charge is 0.324 e. The lowest BCUT2D eigenvalue weighted by atomic mass is 10.3. The van der Waals surface area contributed by atoms with Crippen molar-refractivity contribution in [1.29, 1.82) is 0 Å². The summed E-state index contributed by atoms with van der Waals surface area (Å²) in [6, 6.07) is 8.10. The fourth-order valence-corrected chi connectivity index (χ4v) is 3.62. The molecule has 1 fully saturated rings. The van der Waals surface area contributed by atoms with E-state index in [1.54, 1.807) is 0 Å². The number of rotatable bonds is 6. The number of nitrogens with one attached hydrogen (secondary N) is 2. The van der Waals surface area contributed by atoms with E-state index in [1.807, 2.05) is 36.9 Å². The highest BCUT2D eigenvalue weighted by Gasteiger charge is 2.17. The van der Waals surface area contributed by atoms with Gasteiger partial charge in [0.25, 0.3) is 0 Å². The Morgan fingerprint density at radius 3 is 2.79 bits per heavy atom. The van der Waals surface area contributed by atoms with E-state index in [1.165, 1.54) is 30.6 Å². The third-order valence-corrected chi connectivity index (χ3v) is 4.71. The van der Waals surface area contributed by atoms with Crippen LogP contribution in [0.4, 0.5) is 5.69 Å². The van der Waals surface area contributed by atoms with Gasteiger partial charge in [0.2, 0.25) is 5.91 Å². The molecular formula is C15H22N2OS. The summed E-state index contributed by atoms with van der Waals surface area (Å²) in [5.74, 6) is 0.0290. The summed E-state index contributed by atoms with van der Waals surface area (Å²) in [6.07, 6.45) is 5.27. The standard InChI is InChI=1S/C15H22N2OS/c1-2-16-11-15(18)17-13-9-5-6-10-14(13)19-12-7-3-4-8-12/h5-6,9-10,12,16H,2-4,7-8,11H2,1H3,(H,17,18). The first-order chi connectivity index (χ1) is 9.29. The maximum absolute atomic E-state index is 11.8. The number of para-hydroxylation sites is 1. The molecule has 0 atom stereocenters. The van der Waals surface area contributed by atoms with Crippen LogP contribution in [0.1, 0.15) is 32.6 Å². The van der Waals surface area contributed by atoms with Gasteiger partial charge in [-0.15, -0.1) is 11.8 Å². The van der Waals surface area contributed by atoms with Crippen molar-refractivity contribution in [1.82, 2.24) is 5.32 Å². The zero-order valence-corrected chi connectivity index (χ0v) is 12.3. The summed E-state index contributed by atoms with van der Waals surface area (Å²) in [5, 5.41) is 6.75. The molecule has 0 heterocycles. The molecule has 2 N–H and O–H groups in total. The van der Waals surface area contributed by atoms with Crippen molar-refractivity contribution >= 4 is 23.4 Å². The number of carbonyl (C=O) groups excluding carboxylic acids is 1. The van der Waals surface area contributed by atoms with Crippen molar-refractivity contribution in [3.8, 4) is 0 Å². The summed E-state index contributed by atoms with van der Waals surface area (Å²) in [4.78, 5) is 13.0. The average molecular weight is 278 g/mol. The Labute approximate surface area is 119 Å². The Morgan fingerprint density at radius 1 is 1.32 bits per heavy atom. The fraction of sp³-hybridized carbons (Fsp3) is 0.533. The third kappa shape index (κ3) is 4.55. The zero-order valence-electron chi connectivity index (χ0n) is 11.4. The van der Waals surface area contributed by atoms with Crippen LogP contribution >= 0.6 is 11.8 Å². The summed E-state index contributed by atoms with van der Waals surface area (Å²) < 4.78 is 0. The number of hydrogen-bond acceptors (Lipinski definition) is 3. The monoisotopic (exact) mass is 278 g/mol. The van der Waals surface area contributed by atoms with Gasteiger partial charge in [-0.2, -0.15) is 0 Å². The van der Waals surface area contributed by atoms with E-state index in [-0.39, 0.29) is 5.91 Å². The average Bonchev–Trinajstić information content (AvgIpc) is 2.91. The molecule has 1 saturated carbocycles. The number of likely N-dealkylation sites (N-methyl/N-ethyl adjacent to an activating group) is 1. The van der Waals surface area contributed by atoms with E-state index >= 15 is 0 Å². The maximum Gasteiger partial charge on any atom is 0.238 e. The van der Waals surface area contributed by atoms with Crippen molar-refractivity contribution in [3.05, 3.63) is 24.3 Å². The fourth-order valence-electron chi connectivity index (χ4n) is 2.29. The van der Waals surface area contributed by atoms with Crippen LogP contribution < -0.4 is 10.6 Å². The minimum absolute atomic E-state index is 0.0290. The molecule has 1 aliphatic carbocycles. The first kappa shape index (κ1) is 14.4. The molecule has 0 aliphatic heterocycles. The predicted octanol–water partition coefficient (Wildman–Crippen LogP) is 3.27. The maximum atomic E-state index is 11.8. The molecule has 0 radical (unpaired) electrons. The summed E-state index contributed by atoms with van der Waals surface area (Å²) in [7, 11) is 0. The Hall–Kier alpha value is -1.00. The van der Waals surface area contributed by atoms with Crippen LogP contribution in [0.25, 0.3) is 0 Å². The molecule has 0 unspecified atom stereocenters. The number of amides is 1. The Balaban J connectivity index is 1.97. The second kappa shape index (κ2) is 7.56. The van der Waals surface area contributed by atoms with E-state index in [2.05, 4.69) is 16.7 Å². The molecule has 2 rings (SSSR count). The lowest BCUT2D eigenvalue weighted by molar-refractivity contribution is -0.115. The quantitative estimate of drug-likeness (QED) is 0.839. The number of hydrogen-bond donors (Lipinski definition) is 2. The Kier molecular flexibility index (Phi) is 5.73. The smallest absolute Gasteiger partial charge is 0.238 e. The lowest BCUT2D eigenvalue weighted by Crippen LogP contribution is -2.27. The molecule has 104 valence electrons. The first-order valence-electron chi connectivity index (χ1n) is 7.06. The second-order valence-corrected chi connectivity index (χ2v) is 6.19. The number of anilines is 1. The summed E-state index contributed by atoms with van der Waals surface area (Å²) in [5.41, 5.74) is 0.947. The van der Waals surface area contributed by atoms with Crippen LogP contribution in [-0.2, 0) is 4.79 Å². The molecule has 0 spiro atoms. The van der Waals surface area contributed by atoms with Crippen molar-refractivity contribution in [2.45, 2.75) is 42.8 Å². The minimum Gasteiger partial charge on any atom is -0.324 e. The molecule has 3 nitrogen and oxygen atoms in total. The zero-order chi connectivity index (χ0) is 13.5. The van der Waals surface area contributed by atoms with Crippen LogP contribution in [0.2, 0.25) is 0 Å². The van der Waals surface area contributed by atoms with Gasteiger partial charge in [0.1, 0.15) is 0 Å². The van der Waals surface area contributed by atoms with Crippen molar-refractivity contribution in [2.24, 2.45) is 0 Å².